The average Bonchev–Trinajstić information content (AvgIpc) is 2.83. The van der Waals surface area contributed by atoms with Crippen LogP contribution >= 0.6 is 0 Å². The summed E-state index contributed by atoms with van der Waals surface area (Å²) < 4.78 is 31.4. The Morgan fingerprint density at radius 2 is 1.35 bits per heavy atom. The zero-order valence-electron chi connectivity index (χ0n) is 23.4. The summed E-state index contributed by atoms with van der Waals surface area (Å²) in [6.07, 6.45) is 9.22. The molecule has 0 N–H and O–H groups in total. The largest absolute Gasteiger partial charge is 0.511 e. The van der Waals surface area contributed by atoms with Crippen molar-refractivity contribution in [3.8, 4) is 11.5 Å². The second kappa shape index (κ2) is 19.0. The summed E-state index contributed by atoms with van der Waals surface area (Å²) >= 11 is 0. The van der Waals surface area contributed by atoms with Crippen LogP contribution in [0.3, 0.4) is 0 Å². The predicted octanol–water partition coefficient (Wildman–Crippen LogP) is 7.67. The van der Waals surface area contributed by atoms with Gasteiger partial charge >= 0.3 is 12.3 Å². The molecule has 0 aliphatic carbocycles. The van der Waals surface area contributed by atoms with E-state index in [9.17, 15) is 9.59 Å². The number of allylic oxidation sites excluding steroid dienone is 4. The number of hydrogen-bond donors (Lipinski definition) is 0. The molecule has 37 heavy (non-hydrogen) atoms. The number of hydrogen-bond acceptors (Lipinski definition) is 8. The molecule has 1 aromatic rings. The highest BCUT2D eigenvalue weighted by atomic mass is 16.8. The summed E-state index contributed by atoms with van der Waals surface area (Å²) in [5.74, 6) is 1.08. The van der Waals surface area contributed by atoms with E-state index in [-0.39, 0.29) is 26.8 Å². The second-order valence-electron chi connectivity index (χ2n) is 8.78. The van der Waals surface area contributed by atoms with Crippen LogP contribution in [0.15, 0.2) is 35.4 Å². The lowest BCUT2D eigenvalue weighted by Crippen LogP contribution is -2.14. The molecule has 1 rings (SSSR count). The normalized spacial score (nSPS) is 10.9. The molecule has 0 aromatic heterocycles. The Bertz CT molecular complexity index is 839. The van der Waals surface area contributed by atoms with Gasteiger partial charge in [0.15, 0.2) is 0 Å². The lowest BCUT2D eigenvalue weighted by Gasteiger charge is -2.18. The van der Waals surface area contributed by atoms with E-state index in [2.05, 4.69) is 39.8 Å². The molecule has 0 fully saturated rings. The first-order valence-corrected chi connectivity index (χ1v) is 13.1. The number of benzene rings is 1. The van der Waals surface area contributed by atoms with Crippen LogP contribution in [0.2, 0.25) is 0 Å². The fourth-order valence-electron chi connectivity index (χ4n) is 3.42. The van der Waals surface area contributed by atoms with E-state index in [1.807, 2.05) is 12.1 Å². The van der Waals surface area contributed by atoms with Gasteiger partial charge in [-0.3, -0.25) is 0 Å². The molecule has 0 saturated heterocycles. The Labute approximate surface area is 221 Å². The van der Waals surface area contributed by atoms with Crippen molar-refractivity contribution in [2.75, 3.05) is 26.8 Å². The molecule has 8 nitrogen and oxygen atoms in total. The Morgan fingerprint density at radius 3 is 1.84 bits per heavy atom. The van der Waals surface area contributed by atoms with Crippen molar-refractivity contribution < 1.29 is 38.0 Å². The number of rotatable bonds is 17. The van der Waals surface area contributed by atoms with Crippen LogP contribution in [-0.4, -0.2) is 39.1 Å². The third-order valence-corrected chi connectivity index (χ3v) is 5.35. The lowest BCUT2D eigenvalue weighted by molar-refractivity contribution is 0.00464. The van der Waals surface area contributed by atoms with Crippen LogP contribution in [0.25, 0.3) is 0 Å². The van der Waals surface area contributed by atoms with Gasteiger partial charge in [0.2, 0.25) is 13.6 Å². The molecule has 0 amide bonds. The fourth-order valence-corrected chi connectivity index (χ4v) is 3.42. The Hall–Kier alpha value is -3.16. The van der Waals surface area contributed by atoms with Gasteiger partial charge in [-0.25, -0.2) is 9.59 Å². The van der Waals surface area contributed by atoms with Crippen molar-refractivity contribution in [2.24, 2.45) is 0 Å². The number of ether oxygens (including phenoxy) is 6. The van der Waals surface area contributed by atoms with Crippen molar-refractivity contribution in [1.29, 1.82) is 0 Å². The van der Waals surface area contributed by atoms with Gasteiger partial charge in [0, 0.05) is 5.56 Å². The minimum atomic E-state index is -0.794. The van der Waals surface area contributed by atoms with Gasteiger partial charge in [-0.2, -0.15) is 0 Å². The van der Waals surface area contributed by atoms with Gasteiger partial charge in [-0.15, -0.1) is 0 Å². The van der Waals surface area contributed by atoms with Gasteiger partial charge in [0.05, 0.1) is 13.2 Å². The predicted molar refractivity (Wildman–Crippen MR) is 143 cm³/mol. The van der Waals surface area contributed by atoms with Crippen LogP contribution in [0.5, 0.6) is 11.5 Å². The zero-order valence-corrected chi connectivity index (χ0v) is 23.4. The van der Waals surface area contributed by atoms with E-state index in [0.29, 0.717) is 17.9 Å². The van der Waals surface area contributed by atoms with Crippen molar-refractivity contribution >= 4 is 12.3 Å². The maximum absolute atomic E-state index is 11.6. The molecule has 0 bridgehead atoms. The smallest absolute Gasteiger partial charge is 0.457 e. The first kappa shape index (κ1) is 31.9. The molecule has 0 radical (unpaired) electrons. The van der Waals surface area contributed by atoms with E-state index >= 15 is 0 Å². The topological polar surface area (TPSA) is 89.5 Å². The monoisotopic (exact) mass is 520 g/mol. The van der Waals surface area contributed by atoms with E-state index in [1.165, 1.54) is 11.1 Å². The summed E-state index contributed by atoms with van der Waals surface area (Å²) in [7, 11) is 0. The summed E-state index contributed by atoms with van der Waals surface area (Å²) in [5, 5.41) is 0. The van der Waals surface area contributed by atoms with E-state index in [0.717, 1.165) is 49.7 Å². The van der Waals surface area contributed by atoms with Crippen molar-refractivity contribution in [2.45, 2.75) is 86.5 Å². The lowest BCUT2D eigenvalue weighted by atomic mass is 10.00. The Kier molecular flexibility index (Phi) is 16.4. The molecule has 0 aliphatic rings. The minimum absolute atomic E-state index is 0.215. The number of carbonyl (C=O) groups excluding carboxylic acids is 2. The van der Waals surface area contributed by atoms with Gasteiger partial charge in [0.25, 0.3) is 0 Å². The molecule has 0 spiro atoms. The van der Waals surface area contributed by atoms with Crippen LogP contribution in [0, 0.1) is 0 Å². The molecule has 0 saturated carbocycles. The quantitative estimate of drug-likeness (QED) is 0.0894. The highest BCUT2D eigenvalue weighted by Crippen LogP contribution is 2.33. The molecule has 0 heterocycles. The average molecular weight is 521 g/mol. The van der Waals surface area contributed by atoms with Gasteiger partial charge in [-0.1, -0.05) is 43.1 Å². The van der Waals surface area contributed by atoms with Crippen molar-refractivity contribution in [1.82, 2.24) is 0 Å². The molecule has 1 aromatic carbocycles. The molecule has 8 heteroatoms. The molecule has 208 valence electrons. The van der Waals surface area contributed by atoms with Crippen LogP contribution in [0.1, 0.15) is 84.8 Å². The van der Waals surface area contributed by atoms with Crippen LogP contribution in [0.4, 0.5) is 9.59 Å². The standard InChI is InChI=1S/C29H44O8/c1-7-10-11-15-24-18-26(34-20-36-28(30)32-8-2)25(17-16-23(6)14-12-13-22(4)5)27(19-24)35-21-37-29(31)33-9-3/h13,16,18-19H,7-12,14-15,17,20-21H2,1-6H3. The fraction of sp³-hybridized carbons (Fsp3) is 0.586. The number of carbonyl (C=O) groups is 2. The van der Waals surface area contributed by atoms with Gasteiger partial charge in [-0.05, 0) is 84.4 Å². The van der Waals surface area contributed by atoms with E-state index in [4.69, 9.17) is 28.4 Å². The molecular weight excluding hydrogens is 476 g/mol. The number of unbranched alkanes of at least 4 members (excludes halogenated alkanes) is 2. The molecule has 0 aliphatic heterocycles. The molecule has 0 unspecified atom stereocenters. The maximum Gasteiger partial charge on any atom is 0.511 e. The second-order valence-corrected chi connectivity index (χ2v) is 8.78. The first-order valence-electron chi connectivity index (χ1n) is 13.1. The zero-order chi connectivity index (χ0) is 27.5. The van der Waals surface area contributed by atoms with Crippen molar-refractivity contribution in [3.05, 3.63) is 46.6 Å². The third-order valence-electron chi connectivity index (χ3n) is 5.35. The first-order chi connectivity index (χ1) is 17.8. The molecule has 0 atom stereocenters. The van der Waals surface area contributed by atoms with E-state index < -0.39 is 12.3 Å². The third kappa shape index (κ3) is 14.2. The van der Waals surface area contributed by atoms with Gasteiger partial charge < -0.3 is 28.4 Å². The maximum atomic E-state index is 11.6. The Balaban J connectivity index is 3.21. The van der Waals surface area contributed by atoms with E-state index in [1.54, 1.807) is 13.8 Å². The minimum Gasteiger partial charge on any atom is -0.457 e. The highest BCUT2D eigenvalue weighted by molar-refractivity contribution is 5.60. The number of aryl methyl sites for hydroxylation is 1. The molecular formula is C29H44O8. The van der Waals surface area contributed by atoms with Crippen LogP contribution < -0.4 is 9.47 Å². The summed E-state index contributed by atoms with van der Waals surface area (Å²) in [6, 6.07) is 3.90. The van der Waals surface area contributed by atoms with Crippen molar-refractivity contribution in [3.63, 3.8) is 0 Å². The van der Waals surface area contributed by atoms with Gasteiger partial charge in [0.1, 0.15) is 11.5 Å². The SMILES string of the molecule is CCCCCc1cc(OCOC(=O)OCC)c(CC=C(C)CCC=C(C)C)c(OCOC(=O)OCC)c1. The summed E-state index contributed by atoms with van der Waals surface area (Å²) in [5.41, 5.74) is 4.30. The Morgan fingerprint density at radius 1 is 0.784 bits per heavy atom. The summed E-state index contributed by atoms with van der Waals surface area (Å²) in [6.45, 7) is 11.7. The summed E-state index contributed by atoms with van der Waals surface area (Å²) in [4.78, 5) is 23.2. The van der Waals surface area contributed by atoms with Crippen LogP contribution in [-0.2, 0) is 31.8 Å². The highest BCUT2D eigenvalue weighted by Gasteiger charge is 2.15.